The summed E-state index contributed by atoms with van der Waals surface area (Å²) in [7, 11) is 1.58. The maximum Gasteiger partial charge on any atom is 0.330 e. The Kier molecular flexibility index (Phi) is 9.23. The second-order valence-corrected chi connectivity index (χ2v) is 9.46. The first-order chi connectivity index (χ1) is 16.0. The molecule has 0 aliphatic heterocycles. The average Bonchev–Trinajstić information content (AvgIpc) is 2.76. The lowest BCUT2D eigenvalue weighted by Crippen LogP contribution is -2.47. The highest BCUT2D eigenvalue weighted by molar-refractivity contribution is 5.99. The largest absolute Gasteiger partial charge is 0.383 e. The number of H-pyrrole nitrogens is 1. The number of carbonyl (C=O) groups is 2. The van der Waals surface area contributed by atoms with Crippen LogP contribution in [0.25, 0.3) is 0 Å². The summed E-state index contributed by atoms with van der Waals surface area (Å²) in [5.41, 5.74) is 5.74. The van der Waals surface area contributed by atoms with Crippen molar-refractivity contribution in [1.82, 2.24) is 14.5 Å². The molecule has 1 aromatic carbocycles. The van der Waals surface area contributed by atoms with E-state index in [1.54, 1.807) is 7.05 Å². The highest BCUT2D eigenvalue weighted by Crippen LogP contribution is 2.23. The summed E-state index contributed by atoms with van der Waals surface area (Å²) in [6.07, 6.45) is 0.587. The number of carbonyl (C=O) groups excluding carboxylic acids is 2. The molecule has 0 spiro atoms. The number of nitrogen functional groups attached to an aromatic ring is 1. The Morgan fingerprint density at radius 2 is 1.68 bits per heavy atom. The fraction of sp³-hybridized carbons (Fsp3) is 0.520. The minimum absolute atomic E-state index is 0.0157. The van der Waals surface area contributed by atoms with Crippen LogP contribution in [0.4, 0.5) is 11.5 Å². The molecule has 1 atom stereocenters. The number of nitrogens with zero attached hydrogens (tertiary/aromatic N) is 3. The monoisotopic (exact) mass is 471 g/mol. The Morgan fingerprint density at radius 1 is 1.06 bits per heavy atom. The SMILES string of the molecule is CC[C@H](C(=O)N(C)CC(=O)N(CC(C)C)c1c(N)n(CC(C)C)c(=O)[nH]c1=O)c1ccccc1. The zero-order valence-corrected chi connectivity index (χ0v) is 21.0. The van der Waals surface area contributed by atoms with Gasteiger partial charge in [-0.3, -0.25) is 23.9 Å². The highest BCUT2D eigenvalue weighted by atomic mass is 16.2. The van der Waals surface area contributed by atoms with Gasteiger partial charge in [0.05, 0.1) is 12.5 Å². The van der Waals surface area contributed by atoms with Gasteiger partial charge < -0.3 is 15.5 Å². The van der Waals surface area contributed by atoms with Gasteiger partial charge in [0.25, 0.3) is 5.56 Å². The molecule has 186 valence electrons. The number of hydrogen-bond acceptors (Lipinski definition) is 5. The molecule has 34 heavy (non-hydrogen) atoms. The van der Waals surface area contributed by atoms with Crippen molar-refractivity contribution in [3.63, 3.8) is 0 Å². The molecule has 0 fully saturated rings. The highest BCUT2D eigenvalue weighted by Gasteiger charge is 2.29. The van der Waals surface area contributed by atoms with Gasteiger partial charge in [0, 0.05) is 20.1 Å². The molecule has 2 amide bonds. The van der Waals surface area contributed by atoms with Gasteiger partial charge in [-0.2, -0.15) is 0 Å². The molecule has 1 heterocycles. The molecule has 0 radical (unpaired) electrons. The van der Waals surface area contributed by atoms with E-state index in [1.165, 1.54) is 14.4 Å². The van der Waals surface area contributed by atoms with Crippen molar-refractivity contribution in [2.45, 2.75) is 53.5 Å². The second kappa shape index (κ2) is 11.7. The number of likely N-dealkylation sites (N-methyl/N-ethyl adjacent to an activating group) is 1. The molecule has 0 saturated heterocycles. The van der Waals surface area contributed by atoms with Crippen LogP contribution in [-0.2, 0) is 16.1 Å². The van der Waals surface area contributed by atoms with Crippen LogP contribution in [0, 0.1) is 11.8 Å². The average molecular weight is 472 g/mol. The topological polar surface area (TPSA) is 121 Å². The van der Waals surface area contributed by atoms with Gasteiger partial charge in [-0.25, -0.2) is 4.79 Å². The van der Waals surface area contributed by atoms with Gasteiger partial charge in [-0.1, -0.05) is 65.0 Å². The first kappa shape index (κ1) is 26.9. The van der Waals surface area contributed by atoms with Gasteiger partial charge in [-0.05, 0) is 23.8 Å². The van der Waals surface area contributed by atoms with E-state index in [9.17, 15) is 19.2 Å². The molecule has 0 bridgehead atoms. The van der Waals surface area contributed by atoms with Gasteiger partial charge >= 0.3 is 5.69 Å². The number of nitrogens with two attached hydrogens (primary N) is 1. The van der Waals surface area contributed by atoms with Crippen LogP contribution >= 0.6 is 0 Å². The van der Waals surface area contributed by atoms with E-state index in [0.717, 1.165) is 5.56 Å². The molecule has 9 heteroatoms. The van der Waals surface area contributed by atoms with Crippen molar-refractivity contribution in [2.75, 3.05) is 30.8 Å². The third-order valence-electron chi connectivity index (χ3n) is 5.54. The second-order valence-electron chi connectivity index (χ2n) is 9.46. The summed E-state index contributed by atoms with van der Waals surface area (Å²) >= 11 is 0. The fourth-order valence-corrected chi connectivity index (χ4v) is 3.94. The first-order valence-electron chi connectivity index (χ1n) is 11.7. The van der Waals surface area contributed by atoms with Crippen LogP contribution in [0.15, 0.2) is 39.9 Å². The third-order valence-corrected chi connectivity index (χ3v) is 5.54. The standard InChI is InChI=1S/C25H37N5O4/c1-7-19(18-11-9-8-10-12-18)24(33)28(6)15-20(31)29(13-16(2)3)21-22(26)30(14-17(4)5)25(34)27-23(21)32/h8-12,16-17,19H,7,13-15,26H2,1-6H3,(H,27,32,34)/t19-/m0/s1. The van der Waals surface area contributed by atoms with E-state index in [2.05, 4.69) is 4.98 Å². The van der Waals surface area contributed by atoms with Crippen LogP contribution < -0.4 is 21.9 Å². The number of benzene rings is 1. The number of amides is 2. The van der Waals surface area contributed by atoms with E-state index >= 15 is 0 Å². The zero-order chi connectivity index (χ0) is 25.6. The molecule has 2 rings (SSSR count). The molecule has 2 aromatic rings. The number of aromatic nitrogens is 2. The Balaban J connectivity index is 2.39. The maximum absolute atomic E-state index is 13.4. The van der Waals surface area contributed by atoms with E-state index in [0.29, 0.717) is 13.0 Å². The molecular weight excluding hydrogens is 434 g/mol. The van der Waals surface area contributed by atoms with Gasteiger partial charge in [0.1, 0.15) is 5.82 Å². The lowest BCUT2D eigenvalue weighted by molar-refractivity contribution is -0.135. The van der Waals surface area contributed by atoms with Crippen LogP contribution in [-0.4, -0.2) is 46.4 Å². The Bertz CT molecular complexity index is 1100. The molecule has 1 aromatic heterocycles. The van der Waals surface area contributed by atoms with Crippen molar-refractivity contribution >= 4 is 23.3 Å². The van der Waals surface area contributed by atoms with E-state index in [1.807, 2.05) is 65.0 Å². The van der Waals surface area contributed by atoms with E-state index < -0.39 is 17.2 Å². The summed E-state index contributed by atoms with van der Waals surface area (Å²) in [6.45, 7) is 9.87. The predicted molar refractivity (Wildman–Crippen MR) is 135 cm³/mol. The minimum Gasteiger partial charge on any atom is -0.383 e. The molecule has 0 aliphatic rings. The lowest BCUT2D eigenvalue weighted by Gasteiger charge is -2.29. The number of anilines is 2. The Morgan fingerprint density at radius 3 is 2.21 bits per heavy atom. The number of hydrogen-bond donors (Lipinski definition) is 2. The van der Waals surface area contributed by atoms with Crippen LogP contribution in [0.2, 0.25) is 0 Å². The fourth-order valence-electron chi connectivity index (χ4n) is 3.94. The Hall–Kier alpha value is -3.36. The van der Waals surface area contributed by atoms with Crippen molar-refractivity contribution in [3.05, 3.63) is 56.7 Å². The molecule has 3 N–H and O–H groups in total. The first-order valence-corrected chi connectivity index (χ1v) is 11.7. The van der Waals surface area contributed by atoms with Gasteiger partial charge in [-0.15, -0.1) is 0 Å². The molecule has 0 unspecified atom stereocenters. The number of nitrogens with one attached hydrogen (secondary N) is 1. The van der Waals surface area contributed by atoms with Crippen molar-refractivity contribution < 1.29 is 9.59 Å². The number of aromatic amines is 1. The number of rotatable bonds is 10. The van der Waals surface area contributed by atoms with Crippen molar-refractivity contribution in [2.24, 2.45) is 11.8 Å². The molecular formula is C25H37N5O4. The molecule has 9 nitrogen and oxygen atoms in total. The van der Waals surface area contributed by atoms with Crippen LogP contribution in [0.1, 0.15) is 52.5 Å². The molecule has 0 saturated carbocycles. The zero-order valence-electron chi connectivity index (χ0n) is 21.0. The van der Waals surface area contributed by atoms with E-state index in [-0.39, 0.29) is 48.3 Å². The normalized spacial score (nSPS) is 12.1. The van der Waals surface area contributed by atoms with Crippen LogP contribution in [0.3, 0.4) is 0 Å². The summed E-state index contributed by atoms with van der Waals surface area (Å²) in [5.74, 6) is -0.944. The van der Waals surface area contributed by atoms with Gasteiger partial charge in [0.15, 0.2) is 5.69 Å². The molecule has 0 aliphatic carbocycles. The third kappa shape index (κ3) is 6.36. The van der Waals surface area contributed by atoms with E-state index in [4.69, 9.17) is 5.73 Å². The quantitative estimate of drug-likeness (QED) is 0.551. The summed E-state index contributed by atoms with van der Waals surface area (Å²) in [4.78, 5) is 56.6. The lowest BCUT2D eigenvalue weighted by atomic mass is 9.95. The van der Waals surface area contributed by atoms with Gasteiger partial charge in [0.2, 0.25) is 11.8 Å². The summed E-state index contributed by atoms with van der Waals surface area (Å²) in [6, 6.07) is 9.43. The summed E-state index contributed by atoms with van der Waals surface area (Å²) < 4.78 is 1.28. The van der Waals surface area contributed by atoms with Crippen LogP contribution in [0.5, 0.6) is 0 Å². The maximum atomic E-state index is 13.4. The minimum atomic E-state index is -0.721. The Labute approximate surface area is 200 Å². The van der Waals surface area contributed by atoms with Crippen molar-refractivity contribution in [3.8, 4) is 0 Å². The summed E-state index contributed by atoms with van der Waals surface area (Å²) in [5, 5.41) is 0. The smallest absolute Gasteiger partial charge is 0.330 e. The predicted octanol–water partition coefficient (Wildman–Crippen LogP) is 2.42. The van der Waals surface area contributed by atoms with Crippen molar-refractivity contribution in [1.29, 1.82) is 0 Å².